The zero-order valence-corrected chi connectivity index (χ0v) is 18.3. The fourth-order valence-corrected chi connectivity index (χ4v) is 3.91. The van der Waals surface area contributed by atoms with Crippen LogP contribution < -0.4 is 10.6 Å². The second-order valence-corrected chi connectivity index (χ2v) is 8.50. The molecule has 0 unspecified atom stereocenters. The molecule has 0 atom stereocenters. The fraction of sp³-hybridized carbons (Fsp3) is 0.211. The summed E-state index contributed by atoms with van der Waals surface area (Å²) in [5.41, 5.74) is 0.201. The van der Waals surface area contributed by atoms with Crippen LogP contribution in [-0.2, 0) is 16.1 Å². The van der Waals surface area contributed by atoms with Gasteiger partial charge in [0.1, 0.15) is 0 Å². The molecule has 2 aromatic rings. The van der Waals surface area contributed by atoms with E-state index in [2.05, 4.69) is 17.2 Å². The van der Waals surface area contributed by atoms with Crippen molar-refractivity contribution in [1.82, 2.24) is 15.5 Å². The zero-order chi connectivity index (χ0) is 21.4. The van der Waals surface area contributed by atoms with Gasteiger partial charge in [0.15, 0.2) is 0 Å². The van der Waals surface area contributed by atoms with Gasteiger partial charge in [-0.15, -0.1) is 17.9 Å². The first-order valence-electron chi connectivity index (χ1n) is 8.43. The maximum Gasteiger partial charge on any atom is 0.253 e. The first-order chi connectivity index (χ1) is 13.8. The monoisotopic (exact) mass is 473 g/mol. The predicted octanol–water partition coefficient (Wildman–Crippen LogP) is 3.77. The molecule has 0 saturated heterocycles. The Hall–Kier alpha value is -2.06. The van der Waals surface area contributed by atoms with E-state index in [9.17, 15) is 14.4 Å². The molecule has 154 valence electrons. The van der Waals surface area contributed by atoms with Crippen LogP contribution in [-0.4, -0.2) is 42.3 Å². The van der Waals surface area contributed by atoms with Crippen LogP contribution in [0.1, 0.15) is 15.2 Å². The number of nitrogens with zero attached hydrogens (tertiary/aromatic N) is 1. The van der Waals surface area contributed by atoms with Crippen molar-refractivity contribution in [3.63, 3.8) is 0 Å². The van der Waals surface area contributed by atoms with Crippen LogP contribution in [0.5, 0.6) is 0 Å². The van der Waals surface area contributed by atoms with Crippen molar-refractivity contribution in [2.75, 3.05) is 19.6 Å². The van der Waals surface area contributed by atoms with Gasteiger partial charge in [0.25, 0.3) is 5.91 Å². The average Bonchev–Trinajstić information content (AvgIpc) is 3.08. The Morgan fingerprint density at radius 3 is 2.45 bits per heavy atom. The van der Waals surface area contributed by atoms with Crippen LogP contribution in [0.15, 0.2) is 43.0 Å². The highest BCUT2D eigenvalue weighted by molar-refractivity contribution is 7.16. The Labute approximate surface area is 187 Å². The van der Waals surface area contributed by atoms with Gasteiger partial charge in [0.05, 0.1) is 34.6 Å². The van der Waals surface area contributed by atoms with Crippen molar-refractivity contribution in [2.24, 2.45) is 0 Å². The average molecular weight is 475 g/mol. The molecule has 2 N–H and O–H groups in total. The lowest BCUT2D eigenvalue weighted by Gasteiger charge is -2.20. The second-order valence-electron chi connectivity index (χ2n) is 5.85. The van der Waals surface area contributed by atoms with Gasteiger partial charge in [-0.2, -0.15) is 0 Å². The number of hydrogen-bond acceptors (Lipinski definition) is 4. The minimum Gasteiger partial charge on any atom is -0.345 e. The summed E-state index contributed by atoms with van der Waals surface area (Å²) in [4.78, 5) is 38.9. The van der Waals surface area contributed by atoms with Gasteiger partial charge in [-0.3, -0.25) is 14.4 Å². The number of amides is 3. The van der Waals surface area contributed by atoms with Gasteiger partial charge < -0.3 is 15.5 Å². The summed E-state index contributed by atoms with van der Waals surface area (Å²) in [7, 11) is 0. The molecule has 0 aliphatic heterocycles. The van der Waals surface area contributed by atoms with Crippen LogP contribution >= 0.6 is 46.1 Å². The Morgan fingerprint density at radius 1 is 1.07 bits per heavy atom. The van der Waals surface area contributed by atoms with E-state index in [0.717, 1.165) is 4.88 Å². The molecular weight excluding hydrogens is 457 g/mol. The quantitative estimate of drug-likeness (QED) is 0.543. The van der Waals surface area contributed by atoms with Gasteiger partial charge in [0.2, 0.25) is 11.8 Å². The molecule has 2 rings (SSSR count). The zero-order valence-electron chi connectivity index (χ0n) is 15.2. The molecule has 0 aliphatic rings. The normalized spacial score (nSPS) is 10.3. The Kier molecular flexibility index (Phi) is 8.98. The van der Waals surface area contributed by atoms with Crippen molar-refractivity contribution in [3.05, 3.63) is 67.8 Å². The van der Waals surface area contributed by atoms with Gasteiger partial charge in [-0.1, -0.05) is 40.9 Å². The number of thiophene rings is 1. The van der Waals surface area contributed by atoms with Gasteiger partial charge in [-0.25, -0.2) is 0 Å². The minimum absolute atomic E-state index is 0.180. The summed E-state index contributed by atoms with van der Waals surface area (Å²) < 4.78 is 0.635. The molecule has 0 aliphatic carbocycles. The van der Waals surface area contributed by atoms with E-state index in [4.69, 9.17) is 34.8 Å². The number of carbonyl (C=O) groups excluding carboxylic acids is 3. The number of carbonyl (C=O) groups is 3. The van der Waals surface area contributed by atoms with E-state index in [1.807, 2.05) is 6.07 Å². The smallest absolute Gasteiger partial charge is 0.253 e. The molecule has 0 spiro atoms. The molecule has 3 amide bonds. The lowest BCUT2D eigenvalue weighted by Crippen LogP contribution is -2.43. The maximum atomic E-state index is 12.4. The maximum absolute atomic E-state index is 12.4. The summed E-state index contributed by atoms with van der Waals surface area (Å²) in [6, 6.07) is 8.02. The number of rotatable bonds is 9. The van der Waals surface area contributed by atoms with E-state index in [1.54, 1.807) is 17.0 Å². The largest absolute Gasteiger partial charge is 0.345 e. The highest BCUT2D eigenvalue weighted by Crippen LogP contribution is 2.23. The van der Waals surface area contributed by atoms with Crippen molar-refractivity contribution in [3.8, 4) is 0 Å². The summed E-state index contributed by atoms with van der Waals surface area (Å²) in [5, 5.41) is 5.51. The predicted molar refractivity (Wildman–Crippen MR) is 117 cm³/mol. The standard InChI is InChI=1S/C19H18Cl3N3O3S/c1-2-7-25(11-13-4-6-16(22)29-13)18(27)10-23-17(26)9-24-19(28)14-5-3-12(20)8-15(14)21/h2-6,8H,1,7,9-11H2,(H,23,26)(H,24,28). The van der Waals surface area contributed by atoms with Crippen molar-refractivity contribution < 1.29 is 14.4 Å². The Morgan fingerprint density at radius 2 is 1.83 bits per heavy atom. The van der Waals surface area contributed by atoms with Gasteiger partial charge in [-0.05, 0) is 30.3 Å². The lowest BCUT2D eigenvalue weighted by atomic mass is 10.2. The van der Waals surface area contributed by atoms with E-state index < -0.39 is 11.8 Å². The molecule has 29 heavy (non-hydrogen) atoms. The lowest BCUT2D eigenvalue weighted by molar-refractivity contribution is -0.132. The number of halogens is 3. The highest BCUT2D eigenvalue weighted by atomic mass is 35.5. The van der Waals surface area contributed by atoms with E-state index >= 15 is 0 Å². The third kappa shape index (κ3) is 7.36. The molecule has 10 heteroatoms. The van der Waals surface area contributed by atoms with E-state index in [1.165, 1.54) is 29.5 Å². The molecule has 0 saturated carbocycles. The molecule has 1 heterocycles. The third-order valence-corrected chi connectivity index (χ3v) is 5.46. The SMILES string of the molecule is C=CCN(Cc1ccc(Cl)s1)C(=O)CNC(=O)CNC(=O)c1ccc(Cl)cc1Cl. The summed E-state index contributed by atoms with van der Waals surface area (Å²) >= 11 is 19.0. The number of hydrogen-bond donors (Lipinski definition) is 2. The highest BCUT2D eigenvalue weighted by Gasteiger charge is 2.16. The van der Waals surface area contributed by atoms with Gasteiger partial charge in [0, 0.05) is 16.4 Å². The Bertz CT molecular complexity index is 917. The second kappa shape index (κ2) is 11.2. The molecule has 1 aromatic heterocycles. The fourth-order valence-electron chi connectivity index (χ4n) is 2.31. The first-order valence-corrected chi connectivity index (χ1v) is 10.4. The van der Waals surface area contributed by atoms with Crippen LogP contribution in [0.2, 0.25) is 14.4 Å². The van der Waals surface area contributed by atoms with Crippen LogP contribution in [0.3, 0.4) is 0 Å². The van der Waals surface area contributed by atoms with Crippen molar-refractivity contribution in [1.29, 1.82) is 0 Å². The topological polar surface area (TPSA) is 78.5 Å². The van der Waals surface area contributed by atoms with Crippen molar-refractivity contribution in [2.45, 2.75) is 6.54 Å². The number of nitrogens with one attached hydrogen (secondary N) is 2. The van der Waals surface area contributed by atoms with Gasteiger partial charge >= 0.3 is 0 Å². The van der Waals surface area contributed by atoms with Crippen LogP contribution in [0, 0.1) is 0 Å². The molecule has 6 nitrogen and oxygen atoms in total. The van der Waals surface area contributed by atoms with Crippen LogP contribution in [0.4, 0.5) is 0 Å². The first kappa shape index (κ1) is 23.2. The Balaban J connectivity index is 1.82. The molecular formula is C19H18Cl3N3O3S. The molecule has 0 radical (unpaired) electrons. The molecule has 0 bridgehead atoms. The minimum atomic E-state index is -0.518. The molecule has 1 aromatic carbocycles. The summed E-state index contributed by atoms with van der Waals surface area (Å²) in [6.07, 6.45) is 1.60. The molecule has 0 fully saturated rings. The summed E-state index contributed by atoms with van der Waals surface area (Å²) in [5.74, 6) is -1.31. The van der Waals surface area contributed by atoms with Crippen molar-refractivity contribution >= 4 is 63.9 Å². The van der Waals surface area contributed by atoms with E-state index in [0.29, 0.717) is 22.4 Å². The summed E-state index contributed by atoms with van der Waals surface area (Å²) in [6.45, 7) is 3.84. The third-order valence-electron chi connectivity index (χ3n) is 3.70. The number of benzene rings is 1. The van der Waals surface area contributed by atoms with Crippen LogP contribution in [0.25, 0.3) is 0 Å². The van der Waals surface area contributed by atoms with E-state index in [-0.39, 0.29) is 29.6 Å².